The highest BCUT2D eigenvalue weighted by Gasteiger charge is 2.24. The number of fused-ring (bicyclic) bond motifs is 11. The molecule has 2 nitrogen and oxygen atoms in total. The van der Waals surface area contributed by atoms with Gasteiger partial charge in [-0.1, -0.05) is 164 Å². The summed E-state index contributed by atoms with van der Waals surface area (Å²) in [6, 6.07) is 69.7. The molecule has 0 amide bonds. The second kappa shape index (κ2) is 12.0. The maximum Gasteiger partial charge on any atom is 0.143 e. The first-order valence-electron chi connectivity index (χ1n) is 19.2. The van der Waals surface area contributed by atoms with Gasteiger partial charge in [-0.15, -0.1) is 0 Å². The molecule has 0 fully saturated rings. The fourth-order valence-corrected chi connectivity index (χ4v) is 9.27. The summed E-state index contributed by atoms with van der Waals surface area (Å²) < 4.78 is 13.4. The molecule has 260 valence electrons. The summed E-state index contributed by atoms with van der Waals surface area (Å²) in [7, 11) is 0. The minimum absolute atomic E-state index is 0.873. The smallest absolute Gasteiger partial charge is 0.143 e. The molecule has 2 heteroatoms. The van der Waals surface area contributed by atoms with Gasteiger partial charge in [0.15, 0.2) is 0 Å². The zero-order valence-electron chi connectivity index (χ0n) is 30.3. The lowest BCUT2D eigenvalue weighted by atomic mass is 9.83. The Kier molecular flexibility index (Phi) is 6.66. The first-order valence-corrected chi connectivity index (χ1v) is 19.2. The van der Waals surface area contributed by atoms with E-state index in [1.807, 2.05) is 6.07 Å². The Hall–Kier alpha value is -7.42. The standard InChI is InChI=1S/C54H32O2/c1-3-15-33(16-4-1)37-29-27-35(31-44(37)34-17-5-2-6-18-34)49-38-19-7-9-21-40(38)51(41-22-10-8-20-39(41)49)45-32-36-28-30-48-52(42-23-11-13-25-46(42)55-48)50(36)53-43-24-12-14-26-47(43)56-54(45)53/h1-32H. The number of benzene rings is 10. The van der Waals surface area contributed by atoms with E-state index in [4.69, 9.17) is 8.83 Å². The third-order valence-corrected chi connectivity index (χ3v) is 11.6. The summed E-state index contributed by atoms with van der Waals surface area (Å²) in [4.78, 5) is 0. The van der Waals surface area contributed by atoms with Gasteiger partial charge in [-0.05, 0) is 90.6 Å². The minimum atomic E-state index is 0.873. The Morgan fingerprint density at radius 3 is 1.43 bits per heavy atom. The lowest BCUT2D eigenvalue weighted by Crippen LogP contribution is -1.93. The van der Waals surface area contributed by atoms with E-state index in [1.54, 1.807) is 0 Å². The van der Waals surface area contributed by atoms with Crippen LogP contribution in [-0.4, -0.2) is 0 Å². The zero-order valence-corrected chi connectivity index (χ0v) is 30.3. The maximum absolute atomic E-state index is 6.99. The SMILES string of the molecule is c1ccc(-c2ccc(-c3c4ccccc4c(-c4cc5ccc6oc7ccccc7c6c5c5c4oc4ccccc45)c4ccccc34)cc2-c2ccccc2)cc1. The average Bonchev–Trinajstić information content (AvgIpc) is 3.85. The molecule has 0 radical (unpaired) electrons. The molecule has 10 aromatic carbocycles. The third kappa shape index (κ3) is 4.50. The molecule has 0 aliphatic rings. The third-order valence-electron chi connectivity index (χ3n) is 11.6. The van der Waals surface area contributed by atoms with E-state index in [0.29, 0.717) is 0 Å². The first kappa shape index (κ1) is 31.0. The van der Waals surface area contributed by atoms with Gasteiger partial charge in [0.1, 0.15) is 22.3 Å². The van der Waals surface area contributed by atoms with E-state index in [9.17, 15) is 0 Å². The van der Waals surface area contributed by atoms with Crippen molar-refractivity contribution in [3.8, 4) is 44.5 Å². The van der Waals surface area contributed by atoms with Gasteiger partial charge in [0, 0.05) is 38.1 Å². The largest absolute Gasteiger partial charge is 0.456 e. The molecule has 12 rings (SSSR count). The predicted octanol–water partition coefficient (Wildman–Crippen LogP) is 15.6. The summed E-state index contributed by atoms with van der Waals surface area (Å²) in [5.41, 5.74) is 13.0. The van der Waals surface area contributed by atoms with Gasteiger partial charge in [0.2, 0.25) is 0 Å². The summed E-state index contributed by atoms with van der Waals surface area (Å²) in [6.07, 6.45) is 0. The van der Waals surface area contributed by atoms with Gasteiger partial charge >= 0.3 is 0 Å². The highest BCUT2D eigenvalue weighted by atomic mass is 16.3. The number of hydrogen-bond donors (Lipinski definition) is 0. The van der Waals surface area contributed by atoms with Gasteiger partial charge in [-0.3, -0.25) is 0 Å². The summed E-state index contributed by atoms with van der Waals surface area (Å²) in [5.74, 6) is 0. The molecule has 0 aliphatic heterocycles. The lowest BCUT2D eigenvalue weighted by Gasteiger charge is -2.20. The number of furan rings is 2. The molecule has 0 N–H and O–H groups in total. The van der Waals surface area contributed by atoms with E-state index in [-0.39, 0.29) is 0 Å². The zero-order chi connectivity index (χ0) is 36.7. The van der Waals surface area contributed by atoms with Crippen molar-refractivity contribution < 1.29 is 8.83 Å². The monoisotopic (exact) mass is 712 g/mol. The molecule has 12 aromatic rings. The second-order valence-corrected chi connectivity index (χ2v) is 14.7. The van der Waals surface area contributed by atoms with Crippen LogP contribution in [0.15, 0.2) is 203 Å². The van der Waals surface area contributed by atoms with Crippen molar-refractivity contribution in [2.45, 2.75) is 0 Å². The Morgan fingerprint density at radius 2 is 0.786 bits per heavy atom. The molecule has 56 heavy (non-hydrogen) atoms. The fraction of sp³-hybridized carbons (Fsp3) is 0. The van der Waals surface area contributed by atoms with E-state index in [0.717, 1.165) is 60.2 Å². The van der Waals surface area contributed by atoms with Crippen molar-refractivity contribution in [3.05, 3.63) is 194 Å². The average molecular weight is 713 g/mol. The molecule has 0 aliphatic carbocycles. The molecule has 0 unspecified atom stereocenters. The molecule has 0 saturated carbocycles. The van der Waals surface area contributed by atoms with Crippen molar-refractivity contribution in [3.63, 3.8) is 0 Å². The topological polar surface area (TPSA) is 26.3 Å². The van der Waals surface area contributed by atoms with Crippen LogP contribution in [0.25, 0.3) is 121 Å². The van der Waals surface area contributed by atoms with Gasteiger partial charge in [-0.25, -0.2) is 0 Å². The van der Waals surface area contributed by atoms with Crippen LogP contribution < -0.4 is 0 Å². The van der Waals surface area contributed by atoms with Crippen molar-refractivity contribution in [1.82, 2.24) is 0 Å². The Labute approximate surface area is 322 Å². The van der Waals surface area contributed by atoms with Crippen LogP contribution in [0.5, 0.6) is 0 Å². The number of hydrogen-bond acceptors (Lipinski definition) is 2. The Morgan fingerprint density at radius 1 is 0.268 bits per heavy atom. The first-order chi connectivity index (χ1) is 27.8. The molecule has 2 heterocycles. The van der Waals surface area contributed by atoms with Gasteiger partial charge in [-0.2, -0.15) is 0 Å². The summed E-state index contributed by atoms with van der Waals surface area (Å²) in [6.45, 7) is 0. The molecule has 2 aromatic heterocycles. The van der Waals surface area contributed by atoms with E-state index < -0.39 is 0 Å². The van der Waals surface area contributed by atoms with Crippen LogP contribution in [0.2, 0.25) is 0 Å². The van der Waals surface area contributed by atoms with E-state index in [2.05, 4.69) is 188 Å². The van der Waals surface area contributed by atoms with Crippen LogP contribution >= 0.6 is 0 Å². The molecular weight excluding hydrogens is 681 g/mol. The van der Waals surface area contributed by atoms with Crippen molar-refractivity contribution in [2.24, 2.45) is 0 Å². The van der Waals surface area contributed by atoms with Crippen molar-refractivity contribution in [2.75, 3.05) is 0 Å². The Balaban J connectivity index is 1.20. The lowest BCUT2D eigenvalue weighted by molar-refractivity contribution is 0.669. The highest BCUT2D eigenvalue weighted by molar-refractivity contribution is 6.34. The van der Waals surface area contributed by atoms with Crippen LogP contribution in [0.4, 0.5) is 0 Å². The van der Waals surface area contributed by atoms with E-state index in [1.165, 1.54) is 60.5 Å². The summed E-state index contributed by atoms with van der Waals surface area (Å²) in [5, 5.41) is 11.5. The van der Waals surface area contributed by atoms with Crippen molar-refractivity contribution in [1.29, 1.82) is 0 Å². The van der Waals surface area contributed by atoms with Gasteiger partial charge in [0.05, 0.1) is 0 Å². The molecule has 0 atom stereocenters. The van der Waals surface area contributed by atoms with Crippen LogP contribution in [-0.2, 0) is 0 Å². The molecule has 0 saturated heterocycles. The van der Waals surface area contributed by atoms with Gasteiger partial charge in [0.25, 0.3) is 0 Å². The van der Waals surface area contributed by atoms with Crippen LogP contribution in [0.3, 0.4) is 0 Å². The number of para-hydroxylation sites is 2. The predicted molar refractivity (Wildman–Crippen MR) is 235 cm³/mol. The minimum Gasteiger partial charge on any atom is -0.456 e. The molecular formula is C54H32O2. The second-order valence-electron chi connectivity index (χ2n) is 14.7. The molecule has 0 spiro atoms. The van der Waals surface area contributed by atoms with Crippen LogP contribution in [0.1, 0.15) is 0 Å². The normalized spacial score (nSPS) is 11.9. The van der Waals surface area contributed by atoms with Gasteiger partial charge < -0.3 is 8.83 Å². The van der Waals surface area contributed by atoms with Crippen LogP contribution in [0, 0.1) is 0 Å². The molecule has 0 bridgehead atoms. The number of rotatable bonds is 4. The highest BCUT2D eigenvalue weighted by Crippen LogP contribution is 2.50. The fourth-order valence-electron chi connectivity index (χ4n) is 9.27. The maximum atomic E-state index is 6.99. The van der Waals surface area contributed by atoms with Crippen molar-refractivity contribution >= 4 is 76.2 Å². The quantitative estimate of drug-likeness (QED) is 0.170. The van der Waals surface area contributed by atoms with E-state index >= 15 is 0 Å². The summed E-state index contributed by atoms with van der Waals surface area (Å²) >= 11 is 0. The Bertz CT molecular complexity index is 3460.